The van der Waals surface area contributed by atoms with Gasteiger partial charge in [0.15, 0.2) is 0 Å². The average Bonchev–Trinajstić information content (AvgIpc) is 2.59. The van der Waals surface area contributed by atoms with Crippen molar-refractivity contribution < 1.29 is 19.4 Å². The van der Waals surface area contributed by atoms with E-state index < -0.39 is 5.97 Å². The molecular formula is C18H18Cl2N2O4. The van der Waals surface area contributed by atoms with E-state index in [1.165, 1.54) is 11.1 Å². The summed E-state index contributed by atoms with van der Waals surface area (Å²) >= 11 is 12.0. The Hall–Kier alpha value is -2.31. The highest BCUT2D eigenvalue weighted by atomic mass is 35.5. The van der Waals surface area contributed by atoms with E-state index in [0.717, 1.165) is 0 Å². The van der Waals surface area contributed by atoms with Crippen LogP contribution < -0.4 is 4.74 Å². The molecule has 1 aromatic carbocycles. The van der Waals surface area contributed by atoms with Gasteiger partial charge in [0.05, 0.1) is 17.0 Å². The molecule has 0 spiro atoms. The van der Waals surface area contributed by atoms with Crippen molar-refractivity contribution in [1.29, 1.82) is 0 Å². The molecule has 1 aromatic heterocycles. The second-order valence-corrected chi connectivity index (χ2v) is 6.56. The third-order valence-electron chi connectivity index (χ3n) is 3.56. The molecule has 8 heteroatoms. The summed E-state index contributed by atoms with van der Waals surface area (Å²) in [4.78, 5) is 28.9. The van der Waals surface area contributed by atoms with Crippen molar-refractivity contribution in [1.82, 2.24) is 9.88 Å². The molecule has 2 aromatic rings. The zero-order valence-corrected chi connectivity index (χ0v) is 15.8. The Bertz CT molecular complexity index is 794. The fourth-order valence-electron chi connectivity index (χ4n) is 2.22. The van der Waals surface area contributed by atoms with Gasteiger partial charge >= 0.3 is 5.97 Å². The first kappa shape index (κ1) is 20.0. The number of aliphatic carboxylic acids is 1. The van der Waals surface area contributed by atoms with E-state index in [0.29, 0.717) is 16.3 Å². The van der Waals surface area contributed by atoms with Crippen molar-refractivity contribution >= 4 is 35.1 Å². The number of pyridine rings is 1. The minimum Gasteiger partial charge on any atom is -0.481 e. The van der Waals surface area contributed by atoms with Gasteiger partial charge in [-0.15, -0.1) is 0 Å². The molecule has 0 saturated heterocycles. The second-order valence-electron chi connectivity index (χ2n) is 5.78. The summed E-state index contributed by atoms with van der Waals surface area (Å²) in [6, 6.07) is 7.97. The summed E-state index contributed by atoms with van der Waals surface area (Å²) in [6.45, 7) is 3.78. The van der Waals surface area contributed by atoms with Crippen LogP contribution in [0.1, 0.15) is 30.6 Å². The predicted molar refractivity (Wildman–Crippen MR) is 99.2 cm³/mol. The number of rotatable bonds is 7. The molecule has 1 N–H and O–H groups in total. The van der Waals surface area contributed by atoms with E-state index in [1.807, 2.05) is 13.8 Å². The fraction of sp³-hybridized carbons (Fsp3) is 0.278. The first-order valence-corrected chi connectivity index (χ1v) is 8.66. The molecule has 2 rings (SSSR count). The molecule has 1 heterocycles. The van der Waals surface area contributed by atoms with Crippen LogP contribution in [0.25, 0.3) is 0 Å². The normalized spacial score (nSPS) is 10.7. The molecule has 0 aliphatic heterocycles. The quantitative estimate of drug-likeness (QED) is 0.744. The van der Waals surface area contributed by atoms with E-state index in [1.54, 1.807) is 30.3 Å². The number of carboxylic acids is 1. The topological polar surface area (TPSA) is 79.7 Å². The van der Waals surface area contributed by atoms with Gasteiger partial charge in [0.1, 0.15) is 10.8 Å². The van der Waals surface area contributed by atoms with Crippen LogP contribution in [0.3, 0.4) is 0 Å². The highest BCUT2D eigenvalue weighted by molar-refractivity contribution is 6.42. The minimum absolute atomic E-state index is 0.119. The predicted octanol–water partition coefficient (Wildman–Crippen LogP) is 4.51. The lowest BCUT2D eigenvalue weighted by atomic mass is 10.2. The Labute approximate surface area is 161 Å². The summed E-state index contributed by atoms with van der Waals surface area (Å²) in [5.74, 6) is -0.631. The standard InChI is InChI=1S/C18H18Cl2N2O4/c1-11(2)22(9-8-16(23)24)18(25)12-6-7-15(21-10-12)26-14-5-3-4-13(19)17(14)20/h3-7,10-11H,8-9H2,1-2H3,(H,23,24). The van der Waals surface area contributed by atoms with Gasteiger partial charge in [-0.1, -0.05) is 29.3 Å². The molecule has 0 saturated carbocycles. The highest BCUT2D eigenvalue weighted by Gasteiger charge is 2.20. The molecule has 0 atom stereocenters. The average molecular weight is 397 g/mol. The van der Waals surface area contributed by atoms with Crippen LogP contribution in [0.15, 0.2) is 36.5 Å². The maximum atomic E-state index is 12.6. The SMILES string of the molecule is CC(C)N(CCC(=O)O)C(=O)c1ccc(Oc2cccc(Cl)c2Cl)nc1. The first-order valence-electron chi connectivity index (χ1n) is 7.90. The Morgan fingerprint density at radius 1 is 1.23 bits per heavy atom. The molecule has 0 aliphatic carbocycles. The summed E-state index contributed by atoms with van der Waals surface area (Å²) < 4.78 is 5.58. The van der Waals surface area contributed by atoms with Crippen molar-refractivity contribution in [3.05, 3.63) is 52.1 Å². The highest BCUT2D eigenvalue weighted by Crippen LogP contribution is 2.34. The zero-order valence-electron chi connectivity index (χ0n) is 14.3. The maximum Gasteiger partial charge on any atom is 0.305 e. The van der Waals surface area contributed by atoms with Crippen molar-refractivity contribution in [3.63, 3.8) is 0 Å². The number of benzene rings is 1. The van der Waals surface area contributed by atoms with Crippen LogP contribution >= 0.6 is 23.2 Å². The van der Waals surface area contributed by atoms with Crippen molar-refractivity contribution in [2.75, 3.05) is 6.54 Å². The molecule has 6 nitrogen and oxygen atoms in total. The molecule has 0 unspecified atom stereocenters. The van der Waals surface area contributed by atoms with E-state index in [2.05, 4.69) is 4.98 Å². The fourth-order valence-corrected chi connectivity index (χ4v) is 2.55. The van der Waals surface area contributed by atoms with Crippen molar-refractivity contribution in [2.24, 2.45) is 0 Å². The van der Waals surface area contributed by atoms with Crippen LogP contribution in [0.5, 0.6) is 11.6 Å². The Kier molecular flexibility index (Phi) is 6.83. The number of amides is 1. The summed E-state index contributed by atoms with van der Waals surface area (Å²) in [5, 5.41) is 9.46. The Morgan fingerprint density at radius 2 is 1.96 bits per heavy atom. The third kappa shape index (κ3) is 5.09. The number of nitrogens with zero attached hydrogens (tertiary/aromatic N) is 2. The lowest BCUT2D eigenvalue weighted by molar-refractivity contribution is -0.137. The maximum absolute atomic E-state index is 12.6. The lowest BCUT2D eigenvalue weighted by Crippen LogP contribution is -2.38. The van der Waals surface area contributed by atoms with Crippen LogP contribution in [0.4, 0.5) is 0 Å². The van der Waals surface area contributed by atoms with Gasteiger partial charge < -0.3 is 14.7 Å². The number of carboxylic acid groups (broad SMARTS) is 1. The van der Waals surface area contributed by atoms with Gasteiger partial charge in [-0.25, -0.2) is 4.98 Å². The number of hydrogen-bond acceptors (Lipinski definition) is 4. The molecule has 0 bridgehead atoms. The first-order chi connectivity index (χ1) is 12.3. The van der Waals surface area contributed by atoms with Crippen molar-refractivity contribution in [3.8, 4) is 11.6 Å². The number of hydrogen-bond donors (Lipinski definition) is 1. The smallest absolute Gasteiger partial charge is 0.305 e. The van der Waals surface area contributed by atoms with E-state index >= 15 is 0 Å². The number of ether oxygens (including phenoxy) is 1. The van der Waals surface area contributed by atoms with Gasteiger partial charge in [0, 0.05) is 24.8 Å². The summed E-state index contributed by atoms with van der Waals surface area (Å²) in [6.07, 6.45) is 1.26. The molecular weight excluding hydrogens is 379 g/mol. The number of aromatic nitrogens is 1. The molecule has 0 aliphatic rings. The largest absolute Gasteiger partial charge is 0.481 e. The van der Waals surface area contributed by atoms with Crippen LogP contribution in [-0.4, -0.2) is 39.5 Å². The zero-order chi connectivity index (χ0) is 19.3. The van der Waals surface area contributed by atoms with E-state index in [9.17, 15) is 9.59 Å². The third-order valence-corrected chi connectivity index (χ3v) is 4.37. The van der Waals surface area contributed by atoms with E-state index in [4.69, 9.17) is 33.0 Å². The van der Waals surface area contributed by atoms with Gasteiger partial charge in [0.25, 0.3) is 5.91 Å². The lowest BCUT2D eigenvalue weighted by Gasteiger charge is -2.26. The van der Waals surface area contributed by atoms with Crippen LogP contribution in [-0.2, 0) is 4.79 Å². The molecule has 0 radical (unpaired) electrons. The number of carbonyl (C=O) groups excluding carboxylic acids is 1. The minimum atomic E-state index is -0.955. The summed E-state index contributed by atoms with van der Waals surface area (Å²) in [7, 11) is 0. The summed E-state index contributed by atoms with van der Waals surface area (Å²) in [5.41, 5.74) is 0.341. The molecule has 1 amide bonds. The molecule has 0 fully saturated rings. The Balaban J connectivity index is 2.13. The Morgan fingerprint density at radius 3 is 2.54 bits per heavy atom. The number of carbonyl (C=O) groups is 2. The van der Waals surface area contributed by atoms with E-state index in [-0.39, 0.29) is 35.8 Å². The number of halogens is 2. The van der Waals surface area contributed by atoms with Crippen molar-refractivity contribution in [2.45, 2.75) is 26.3 Å². The van der Waals surface area contributed by atoms with Gasteiger partial charge in [-0.2, -0.15) is 0 Å². The van der Waals surface area contributed by atoms with Crippen LogP contribution in [0, 0.1) is 0 Å². The van der Waals surface area contributed by atoms with Gasteiger partial charge in [-0.05, 0) is 32.0 Å². The van der Waals surface area contributed by atoms with Gasteiger partial charge in [-0.3, -0.25) is 9.59 Å². The second kappa shape index (κ2) is 8.87. The molecule has 138 valence electrons. The van der Waals surface area contributed by atoms with Crippen LogP contribution in [0.2, 0.25) is 10.0 Å². The monoisotopic (exact) mass is 396 g/mol. The van der Waals surface area contributed by atoms with Gasteiger partial charge in [0.2, 0.25) is 5.88 Å². The molecule has 26 heavy (non-hydrogen) atoms.